The van der Waals surface area contributed by atoms with Crippen molar-refractivity contribution in [2.24, 2.45) is 0 Å². The van der Waals surface area contributed by atoms with Gasteiger partial charge in [-0.2, -0.15) is 0 Å². The van der Waals surface area contributed by atoms with Crippen LogP contribution in [0.3, 0.4) is 0 Å². The first-order valence-electron chi connectivity index (χ1n) is 7.23. The molecule has 0 spiro atoms. The molecule has 1 aromatic rings. The molecule has 118 valence electrons. The van der Waals surface area contributed by atoms with Crippen LogP contribution >= 0.6 is 23.2 Å². The van der Waals surface area contributed by atoms with E-state index in [1.807, 2.05) is 12.1 Å². The number of likely N-dealkylation sites (N-methyl/N-ethyl adjacent to an activating group) is 1. The summed E-state index contributed by atoms with van der Waals surface area (Å²) in [5.41, 5.74) is 0.955. The van der Waals surface area contributed by atoms with E-state index in [2.05, 4.69) is 10.6 Å². The molecular weight excluding hydrogens is 325 g/mol. The van der Waals surface area contributed by atoms with E-state index in [9.17, 15) is 9.59 Å². The number of rotatable bonds is 3. The van der Waals surface area contributed by atoms with Crippen LogP contribution in [-0.2, 0) is 4.79 Å². The minimum atomic E-state index is -0.419. The standard InChI is InChI=1S/C15H17Cl2N3O2/c1-20-6-5-11(14(20)21)18-15(22)19-12-7-9(12)8-3-2-4-10(16)13(8)17/h2-4,9,11-12H,5-7H2,1H3,(H2,18,19,22). The van der Waals surface area contributed by atoms with Crippen LogP contribution in [0.1, 0.15) is 24.3 Å². The highest BCUT2D eigenvalue weighted by Gasteiger charge is 2.41. The van der Waals surface area contributed by atoms with Gasteiger partial charge < -0.3 is 15.5 Å². The molecule has 0 bridgehead atoms. The zero-order chi connectivity index (χ0) is 15.9. The van der Waals surface area contributed by atoms with Gasteiger partial charge in [-0.15, -0.1) is 0 Å². The molecule has 0 radical (unpaired) electrons. The molecule has 3 unspecified atom stereocenters. The van der Waals surface area contributed by atoms with Crippen molar-refractivity contribution >= 4 is 35.1 Å². The van der Waals surface area contributed by atoms with Crippen LogP contribution in [-0.4, -0.2) is 42.5 Å². The first kappa shape index (κ1) is 15.4. The average molecular weight is 342 g/mol. The monoisotopic (exact) mass is 341 g/mol. The fourth-order valence-electron chi connectivity index (χ4n) is 2.83. The van der Waals surface area contributed by atoms with Gasteiger partial charge in [0.25, 0.3) is 0 Å². The topological polar surface area (TPSA) is 61.4 Å². The van der Waals surface area contributed by atoms with Gasteiger partial charge in [-0.1, -0.05) is 35.3 Å². The van der Waals surface area contributed by atoms with Crippen LogP contribution in [0, 0.1) is 0 Å². The summed E-state index contributed by atoms with van der Waals surface area (Å²) in [6.07, 6.45) is 1.48. The lowest BCUT2D eigenvalue weighted by Gasteiger charge is -2.13. The Balaban J connectivity index is 1.54. The number of amides is 3. The summed E-state index contributed by atoms with van der Waals surface area (Å²) >= 11 is 12.2. The highest BCUT2D eigenvalue weighted by molar-refractivity contribution is 6.42. The fraction of sp³-hybridized carbons (Fsp3) is 0.467. The second-order valence-corrected chi connectivity index (χ2v) is 6.60. The van der Waals surface area contributed by atoms with Crippen LogP contribution in [0.2, 0.25) is 10.0 Å². The Bertz CT molecular complexity index is 623. The number of urea groups is 1. The van der Waals surface area contributed by atoms with Gasteiger partial charge in [-0.3, -0.25) is 4.79 Å². The third-order valence-electron chi connectivity index (χ3n) is 4.22. The Morgan fingerprint density at radius 3 is 2.77 bits per heavy atom. The summed E-state index contributed by atoms with van der Waals surface area (Å²) in [5, 5.41) is 6.69. The van der Waals surface area contributed by atoms with E-state index in [1.54, 1.807) is 18.0 Å². The SMILES string of the molecule is CN1CCC(NC(=O)NC2CC2c2cccc(Cl)c2Cl)C1=O. The quantitative estimate of drug-likeness (QED) is 0.886. The fourth-order valence-corrected chi connectivity index (χ4v) is 3.28. The van der Waals surface area contributed by atoms with Gasteiger partial charge in [0.05, 0.1) is 10.0 Å². The molecule has 1 heterocycles. The molecule has 2 fully saturated rings. The number of likely N-dealkylation sites (tertiary alicyclic amines) is 1. The molecular formula is C15H17Cl2N3O2. The van der Waals surface area contributed by atoms with Crippen molar-refractivity contribution in [3.8, 4) is 0 Å². The Morgan fingerprint density at radius 1 is 1.32 bits per heavy atom. The predicted octanol–water partition coefficient (Wildman–Crippen LogP) is 2.38. The number of carbonyl (C=O) groups excluding carboxylic acids is 2. The summed E-state index contributed by atoms with van der Waals surface area (Å²) in [7, 11) is 1.74. The molecule has 1 aliphatic carbocycles. The molecule has 22 heavy (non-hydrogen) atoms. The third-order valence-corrected chi connectivity index (χ3v) is 5.05. The van der Waals surface area contributed by atoms with E-state index in [-0.39, 0.29) is 23.9 Å². The summed E-state index contributed by atoms with van der Waals surface area (Å²) in [4.78, 5) is 25.4. The van der Waals surface area contributed by atoms with Crippen LogP contribution < -0.4 is 10.6 Å². The van der Waals surface area contributed by atoms with Gasteiger partial charge in [0.1, 0.15) is 6.04 Å². The van der Waals surface area contributed by atoms with Crippen molar-refractivity contribution in [2.75, 3.05) is 13.6 Å². The molecule has 1 saturated heterocycles. The minimum absolute atomic E-state index is 0.0326. The Hall–Kier alpha value is -1.46. The largest absolute Gasteiger partial charge is 0.344 e. The molecule has 3 rings (SSSR count). The van der Waals surface area contributed by atoms with E-state index in [1.165, 1.54) is 0 Å². The number of nitrogens with zero attached hydrogens (tertiary/aromatic N) is 1. The van der Waals surface area contributed by atoms with Crippen molar-refractivity contribution in [1.29, 1.82) is 0 Å². The summed E-state index contributed by atoms with van der Waals surface area (Å²) in [6, 6.07) is 4.83. The van der Waals surface area contributed by atoms with Crippen molar-refractivity contribution < 1.29 is 9.59 Å². The molecule has 2 N–H and O–H groups in total. The van der Waals surface area contributed by atoms with Gasteiger partial charge in [-0.05, 0) is 24.5 Å². The lowest BCUT2D eigenvalue weighted by atomic mass is 10.1. The van der Waals surface area contributed by atoms with Crippen LogP contribution in [0.25, 0.3) is 0 Å². The van der Waals surface area contributed by atoms with Crippen LogP contribution in [0.4, 0.5) is 4.79 Å². The Morgan fingerprint density at radius 2 is 2.09 bits per heavy atom. The van der Waals surface area contributed by atoms with Gasteiger partial charge in [0.15, 0.2) is 0 Å². The van der Waals surface area contributed by atoms with Crippen molar-refractivity contribution in [3.63, 3.8) is 0 Å². The normalized spacial score (nSPS) is 27.0. The van der Waals surface area contributed by atoms with E-state index < -0.39 is 6.04 Å². The van der Waals surface area contributed by atoms with Crippen molar-refractivity contribution in [1.82, 2.24) is 15.5 Å². The van der Waals surface area contributed by atoms with Gasteiger partial charge in [0.2, 0.25) is 5.91 Å². The maximum absolute atomic E-state index is 12.0. The molecule has 0 aromatic heterocycles. The lowest BCUT2D eigenvalue weighted by Crippen LogP contribution is -2.46. The number of carbonyl (C=O) groups is 2. The van der Waals surface area contributed by atoms with Crippen LogP contribution in [0.5, 0.6) is 0 Å². The van der Waals surface area contributed by atoms with Crippen molar-refractivity contribution in [3.05, 3.63) is 33.8 Å². The number of nitrogens with one attached hydrogen (secondary N) is 2. The van der Waals surface area contributed by atoms with E-state index >= 15 is 0 Å². The summed E-state index contributed by atoms with van der Waals surface area (Å²) in [6.45, 7) is 0.675. The number of hydrogen-bond donors (Lipinski definition) is 2. The molecule has 5 nitrogen and oxygen atoms in total. The number of halogens is 2. The maximum Gasteiger partial charge on any atom is 0.315 e. The average Bonchev–Trinajstić information content (AvgIpc) is 3.16. The van der Waals surface area contributed by atoms with E-state index in [4.69, 9.17) is 23.2 Å². The van der Waals surface area contributed by atoms with Gasteiger partial charge in [0, 0.05) is 25.6 Å². The third kappa shape index (κ3) is 3.01. The molecule has 3 amide bonds. The molecule has 1 saturated carbocycles. The Kier molecular flexibility index (Phi) is 4.19. The lowest BCUT2D eigenvalue weighted by molar-refractivity contribution is -0.128. The summed E-state index contributed by atoms with van der Waals surface area (Å²) in [5.74, 6) is 0.138. The molecule has 3 atom stereocenters. The molecule has 2 aliphatic rings. The zero-order valence-corrected chi connectivity index (χ0v) is 13.6. The summed E-state index contributed by atoms with van der Waals surface area (Å²) < 4.78 is 0. The second kappa shape index (κ2) is 5.97. The minimum Gasteiger partial charge on any atom is -0.344 e. The first-order valence-corrected chi connectivity index (χ1v) is 7.99. The second-order valence-electron chi connectivity index (χ2n) is 5.81. The van der Waals surface area contributed by atoms with E-state index in [0.717, 1.165) is 12.0 Å². The predicted molar refractivity (Wildman–Crippen MR) is 85.3 cm³/mol. The molecule has 1 aliphatic heterocycles. The van der Waals surface area contributed by atoms with Gasteiger partial charge in [-0.25, -0.2) is 4.79 Å². The van der Waals surface area contributed by atoms with E-state index in [0.29, 0.717) is 23.0 Å². The highest BCUT2D eigenvalue weighted by Crippen LogP contribution is 2.45. The maximum atomic E-state index is 12.0. The number of benzene rings is 1. The smallest absolute Gasteiger partial charge is 0.315 e. The first-order chi connectivity index (χ1) is 10.5. The molecule has 7 heteroatoms. The van der Waals surface area contributed by atoms with Crippen LogP contribution in [0.15, 0.2) is 18.2 Å². The highest BCUT2D eigenvalue weighted by atomic mass is 35.5. The van der Waals surface area contributed by atoms with Crippen molar-refractivity contribution in [2.45, 2.75) is 30.8 Å². The number of hydrogen-bond acceptors (Lipinski definition) is 2. The zero-order valence-electron chi connectivity index (χ0n) is 12.1. The van der Waals surface area contributed by atoms with Gasteiger partial charge >= 0.3 is 6.03 Å². The molecule has 1 aromatic carbocycles. The Labute approximate surface area is 138 Å².